The summed E-state index contributed by atoms with van der Waals surface area (Å²) in [5, 5.41) is 7.58. The Hall–Kier alpha value is -3.87. The van der Waals surface area contributed by atoms with E-state index in [1.54, 1.807) is 23.4 Å². The van der Waals surface area contributed by atoms with Crippen LogP contribution in [-0.4, -0.2) is 31.0 Å². The molecule has 0 unspecified atom stereocenters. The highest BCUT2D eigenvalue weighted by Gasteiger charge is 2.37. The van der Waals surface area contributed by atoms with Crippen LogP contribution < -0.4 is 0 Å². The number of amides is 1. The number of hydrogen-bond donors (Lipinski definition) is 0. The maximum Gasteiger partial charge on any atom is 0.256 e. The van der Waals surface area contributed by atoms with E-state index in [9.17, 15) is 4.79 Å². The highest BCUT2D eigenvalue weighted by atomic mass is 16.3. The quantitative estimate of drug-likeness (QED) is 0.551. The number of oxazole rings is 1. The minimum Gasteiger partial charge on any atom is -0.446 e. The second kappa shape index (κ2) is 6.70. The molecule has 4 aromatic rings. The zero-order valence-corrected chi connectivity index (χ0v) is 14.8. The van der Waals surface area contributed by atoms with Gasteiger partial charge < -0.3 is 9.32 Å². The van der Waals surface area contributed by atoms with E-state index in [2.05, 4.69) is 26.2 Å². The maximum absolute atomic E-state index is 13.2. The number of carbonyl (C=O) groups excluding carboxylic acids is 1. The lowest BCUT2D eigenvalue weighted by molar-refractivity contribution is 0.0702. The molecule has 0 saturated carbocycles. The van der Waals surface area contributed by atoms with Crippen LogP contribution in [-0.2, 0) is 6.54 Å². The van der Waals surface area contributed by atoms with Crippen molar-refractivity contribution in [3.63, 3.8) is 0 Å². The van der Waals surface area contributed by atoms with Crippen molar-refractivity contribution in [3.8, 4) is 11.1 Å². The number of carbonyl (C=O) groups is 1. The van der Waals surface area contributed by atoms with Crippen molar-refractivity contribution < 1.29 is 9.21 Å². The van der Waals surface area contributed by atoms with E-state index < -0.39 is 0 Å². The van der Waals surface area contributed by atoms with Crippen LogP contribution in [0.2, 0.25) is 0 Å². The van der Waals surface area contributed by atoms with Gasteiger partial charge in [-0.05, 0) is 40.5 Å². The first-order valence-corrected chi connectivity index (χ1v) is 8.80. The summed E-state index contributed by atoms with van der Waals surface area (Å²) < 4.78 is 5.56. The first-order valence-electron chi connectivity index (χ1n) is 8.80. The number of nitrogens with zero attached hydrogens (tertiary/aromatic N) is 5. The van der Waals surface area contributed by atoms with Gasteiger partial charge in [0, 0.05) is 18.9 Å². The summed E-state index contributed by atoms with van der Waals surface area (Å²) in [5.41, 5.74) is 4.67. The Balaban J connectivity index is 1.58. The summed E-state index contributed by atoms with van der Waals surface area (Å²) in [6.45, 7) is 0.468. The van der Waals surface area contributed by atoms with E-state index in [-0.39, 0.29) is 11.9 Å². The van der Waals surface area contributed by atoms with Crippen LogP contribution in [0.1, 0.15) is 33.3 Å². The normalized spacial score (nSPS) is 15.4. The molecule has 3 aromatic heterocycles. The molecule has 0 N–H and O–H groups in total. The van der Waals surface area contributed by atoms with Gasteiger partial charge in [-0.3, -0.25) is 9.78 Å². The molecule has 1 amide bonds. The SMILES string of the molecule is O=C(c1ccnnc1)N1Cc2cc(-c3cccnc3)ccc2[C@H]1c1cnco1. The van der Waals surface area contributed by atoms with Gasteiger partial charge in [-0.2, -0.15) is 10.2 Å². The predicted molar refractivity (Wildman–Crippen MR) is 99.9 cm³/mol. The van der Waals surface area contributed by atoms with Gasteiger partial charge in [0.05, 0.1) is 24.2 Å². The minimum absolute atomic E-state index is 0.129. The third-order valence-electron chi connectivity index (χ3n) is 4.90. The Labute approximate surface area is 160 Å². The highest BCUT2D eigenvalue weighted by Crippen LogP contribution is 2.40. The summed E-state index contributed by atoms with van der Waals surface area (Å²) in [7, 11) is 0. The van der Waals surface area contributed by atoms with Crippen LogP contribution in [0, 0.1) is 0 Å². The molecule has 0 spiro atoms. The van der Waals surface area contributed by atoms with Gasteiger partial charge in [0.2, 0.25) is 0 Å². The van der Waals surface area contributed by atoms with Crippen molar-refractivity contribution in [1.29, 1.82) is 0 Å². The van der Waals surface area contributed by atoms with Crippen LogP contribution in [0.3, 0.4) is 0 Å². The second-order valence-electron chi connectivity index (χ2n) is 6.53. The smallest absolute Gasteiger partial charge is 0.256 e. The Morgan fingerprint density at radius 3 is 2.71 bits per heavy atom. The van der Waals surface area contributed by atoms with Gasteiger partial charge in [-0.15, -0.1) is 0 Å². The molecule has 4 heterocycles. The molecule has 1 atom stereocenters. The lowest BCUT2D eigenvalue weighted by Crippen LogP contribution is -2.30. The average molecular weight is 369 g/mol. The molecule has 1 aliphatic heterocycles. The summed E-state index contributed by atoms with van der Waals surface area (Å²) in [5.74, 6) is 0.499. The molecule has 0 aliphatic carbocycles. The first kappa shape index (κ1) is 16.3. The van der Waals surface area contributed by atoms with Crippen molar-refractivity contribution in [2.24, 2.45) is 0 Å². The van der Waals surface area contributed by atoms with Crippen molar-refractivity contribution >= 4 is 5.91 Å². The van der Waals surface area contributed by atoms with Crippen molar-refractivity contribution in [1.82, 2.24) is 25.1 Å². The zero-order chi connectivity index (χ0) is 18.9. The Kier molecular flexibility index (Phi) is 3.90. The van der Waals surface area contributed by atoms with E-state index in [1.807, 2.05) is 30.5 Å². The number of fused-ring (bicyclic) bond motifs is 1. The fourth-order valence-electron chi connectivity index (χ4n) is 3.60. The zero-order valence-electron chi connectivity index (χ0n) is 14.8. The number of hydrogen-bond acceptors (Lipinski definition) is 6. The van der Waals surface area contributed by atoms with Crippen molar-refractivity contribution in [2.45, 2.75) is 12.6 Å². The van der Waals surface area contributed by atoms with Crippen LogP contribution in [0.25, 0.3) is 11.1 Å². The Bertz CT molecular complexity index is 1110. The van der Waals surface area contributed by atoms with E-state index in [0.717, 1.165) is 22.3 Å². The minimum atomic E-state index is -0.332. The van der Waals surface area contributed by atoms with Gasteiger partial charge in [0.25, 0.3) is 5.91 Å². The molecule has 0 fully saturated rings. The molecule has 7 nitrogen and oxygen atoms in total. The summed E-state index contributed by atoms with van der Waals surface area (Å²) >= 11 is 0. The summed E-state index contributed by atoms with van der Waals surface area (Å²) in [4.78, 5) is 23.2. The molecule has 0 saturated heterocycles. The second-order valence-corrected chi connectivity index (χ2v) is 6.53. The van der Waals surface area contributed by atoms with Gasteiger partial charge in [-0.1, -0.05) is 18.2 Å². The van der Waals surface area contributed by atoms with E-state index in [1.165, 1.54) is 18.8 Å². The molecule has 5 rings (SSSR count). The summed E-state index contributed by atoms with van der Waals surface area (Å²) in [6, 6.07) is 11.4. The van der Waals surface area contributed by atoms with Crippen molar-refractivity contribution in [2.75, 3.05) is 0 Å². The van der Waals surface area contributed by atoms with Gasteiger partial charge in [0.1, 0.15) is 6.04 Å². The molecule has 0 radical (unpaired) electrons. The molecule has 136 valence electrons. The molecular weight excluding hydrogens is 354 g/mol. The van der Waals surface area contributed by atoms with Crippen LogP contribution in [0.15, 0.2) is 78.2 Å². The number of pyridine rings is 1. The molecular formula is C21H15N5O2. The molecule has 28 heavy (non-hydrogen) atoms. The lowest BCUT2D eigenvalue weighted by Gasteiger charge is -2.23. The first-order chi connectivity index (χ1) is 13.8. The topological polar surface area (TPSA) is 85.0 Å². The van der Waals surface area contributed by atoms with Crippen LogP contribution >= 0.6 is 0 Å². The van der Waals surface area contributed by atoms with Crippen LogP contribution in [0.5, 0.6) is 0 Å². The molecule has 0 bridgehead atoms. The fourth-order valence-corrected chi connectivity index (χ4v) is 3.60. The fraction of sp³-hybridized carbons (Fsp3) is 0.0952. The molecule has 1 aromatic carbocycles. The predicted octanol–water partition coefficient (Wildman–Crippen LogP) is 3.27. The average Bonchev–Trinajstić information content (AvgIpc) is 3.41. The van der Waals surface area contributed by atoms with Crippen LogP contribution in [0.4, 0.5) is 0 Å². The molecule has 7 heteroatoms. The summed E-state index contributed by atoms with van der Waals surface area (Å²) in [6.07, 6.45) is 9.61. The standard InChI is InChI=1S/C21H15N5O2/c27-21(16-5-7-24-25-10-16)26-12-17-8-14(15-2-1-6-22-9-15)3-4-18(17)20(26)19-11-23-13-28-19/h1-11,13,20H,12H2/t20-/m0/s1. The monoisotopic (exact) mass is 369 g/mol. The molecule has 1 aliphatic rings. The van der Waals surface area contributed by atoms with E-state index in [0.29, 0.717) is 17.9 Å². The van der Waals surface area contributed by atoms with E-state index >= 15 is 0 Å². The van der Waals surface area contributed by atoms with E-state index in [4.69, 9.17) is 4.42 Å². The maximum atomic E-state index is 13.2. The van der Waals surface area contributed by atoms with Crippen molar-refractivity contribution in [3.05, 3.63) is 96.2 Å². The number of aromatic nitrogens is 4. The Morgan fingerprint density at radius 2 is 1.96 bits per heavy atom. The Morgan fingerprint density at radius 1 is 1.00 bits per heavy atom. The largest absolute Gasteiger partial charge is 0.446 e. The van der Waals surface area contributed by atoms with Gasteiger partial charge in [0.15, 0.2) is 12.2 Å². The highest BCUT2D eigenvalue weighted by molar-refractivity contribution is 5.94. The third kappa shape index (κ3) is 2.73. The van der Waals surface area contributed by atoms with Gasteiger partial charge >= 0.3 is 0 Å². The van der Waals surface area contributed by atoms with Gasteiger partial charge in [-0.25, -0.2) is 4.98 Å². The number of rotatable bonds is 3. The lowest BCUT2D eigenvalue weighted by atomic mass is 9.98. The third-order valence-corrected chi connectivity index (χ3v) is 4.90. The number of benzene rings is 1.